The number of aromatic amines is 1. The zero-order valence-electron chi connectivity index (χ0n) is 43.2. The average Bonchev–Trinajstić information content (AvgIpc) is 3.34. The predicted molar refractivity (Wildman–Crippen MR) is 290 cm³/mol. The molecule has 0 aliphatic rings. The number of aromatic nitrogens is 6. The molecule has 0 aliphatic heterocycles. The van der Waals surface area contributed by atoms with Gasteiger partial charge in [-0.05, 0) is 69.0 Å². The topological polar surface area (TPSA) is 125 Å². The molecule has 0 radical (unpaired) electrons. The molecule has 4 heterocycles. The maximum Gasteiger partial charge on any atom is 0.267 e. The van der Waals surface area contributed by atoms with Crippen LogP contribution in [0.15, 0.2) is 177 Å². The van der Waals surface area contributed by atoms with Gasteiger partial charge in [-0.15, -0.1) is 0 Å². The van der Waals surface area contributed by atoms with Crippen molar-refractivity contribution in [3.8, 4) is 44.9 Å². The molecule has 8 aromatic rings. The van der Waals surface area contributed by atoms with Gasteiger partial charge >= 0.3 is 0 Å². The first kappa shape index (κ1) is 53.5. The van der Waals surface area contributed by atoms with Crippen LogP contribution in [0.3, 0.4) is 0 Å². The summed E-state index contributed by atoms with van der Waals surface area (Å²) in [7, 11) is 3.47. The summed E-state index contributed by atoms with van der Waals surface area (Å²) < 4.78 is 4.53. The minimum absolute atomic E-state index is 0.0351. The number of hydrogen-bond donors (Lipinski definition) is 1. The van der Waals surface area contributed by atoms with E-state index in [1.54, 1.807) is 36.9 Å². The minimum Gasteiger partial charge on any atom is -0.322 e. The Labute approximate surface area is 413 Å². The molecule has 364 valence electrons. The lowest BCUT2D eigenvalue weighted by Crippen LogP contribution is -2.26. The fourth-order valence-electron chi connectivity index (χ4n) is 7.85. The summed E-state index contributed by atoms with van der Waals surface area (Å²) in [4.78, 5) is 50.3. The Bertz CT molecular complexity index is 3190. The monoisotopic (exact) mass is 939 g/mol. The highest BCUT2D eigenvalue weighted by molar-refractivity contribution is 5.68. The standard InChI is InChI=1S/C16H20N2O.C15H18N2O.C15H17NO.C14H15NO/c1-5-18-14(19)11-13(16(2,3)4)15(17-18)12-9-7-6-8-10-12;1-15(2,3)12-10-13(18)17(4)16-14(12)11-8-6-5-7-9-11;1-11(2)13-9-10-16(3)15(17)14(13)12-7-5-4-6-8-12;1-10(2)12-8-9-13(16)15-14(12)11-6-4-3-5-7-11/h6-11H,5H2,1-4H3;5-10H,1-4H3;4-11H,1-3H3;3-10H,1-2H3,(H,15,16). The highest BCUT2D eigenvalue weighted by Crippen LogP contribution is 2.32. The van der Waals surface area contributed by atoms with Gasteiger partial charge in [-0.2, -0.15) is 10.2 Å². The second kappa shape index (κ2) is 23.7. The number of hydrogen-bond acceptors (Lipinski definition) is 6. The zero-order valence-corrected chi connectivity index (χ0v) is 43.2. The lowest BCUT2D eigenvalue weighted by molar-refractivity contribution is 0.561. The van der Waals surface area contributed by atoms with Crippen molar-refractivity contribution in [3.05, 3.63) is 222 Å². The molecule has 0 bridgehead atoms. The molecule has 4 aromatic heterocycles. The van der Waals surface area contributed by atoms with Crippen molar-refractivity contribution in [2.75, 3.05) is 0 Å². The van der Waals surface area contributed by atoms with E-state index in [0.717, 1.165) is 61.6 Å². The summed E-state index contributed by atoms with van der Waals surface area (Å²) in [6.45, 7) is 23.6. The van der Waals surface area contributed by atoms with Crippen molar-refractivity contribution in [1.82, 2.24) is 29.1 Å². The van der Waals surface area contributed by atoms with E-state index in [9.17, 15) is 19.2 Å². The summed E-state index contributed by atoms with van der Waals surface area (Å²) in [6, 6.07) is 48.7. The fraction of sp³-hybridized carbons (Fsp3) is 0.300. The number of aryl methyl sites for hydroxylation is 3. The third-order valence-corrected chi connectivity index (χ3v) is 11.7. The van der Waals surface area contributed by atoms with Gasteiger partial charge in [0.05, 0.1) is 22.6 Å². The van der Waals surface area contributed by atoms with Crippen LogP contribution in [0.25, 0.3) is 44.9 Å². The number of H-pyrrole nitrogens is 1. The third-order valence-electron chi connectivity index (χ3n) is 11.7. The lowest BCUT2D eigenvalue weighted by atomic mass is 9.84. The van der Waals surface area contributed by atoms with Crippen molar-refractivity contribution >= 4 is 0 Å². The van der Waals surface area contributed by atoms with E-state index in [0.29, 0.717) is 18.4 Å². The first-order chi connectivity index (χ1) is 33.1. The first-order valence-corrected chi connectivity index (χ1v) is 24.0. The van der Waals surface area contributed by atoms with Crippen LogP contribution in [0.1, 0.15) is 110 Å². The number of rotatable bonds is 7. The predicted octanol–water partition coefficient (Wildman–Crippen LogP) is 12.3. The highest BCUT2D eigenvalue weighted by atomic mass is 16.1. The van der Waals surface area contributed by atoms with E-state index in [1.165, 1.54) is 14.9 Å². The third kappa shape index (κ3) is 13.8. The molecule has 0 fully saturated rings. The molecule has 70 heavy (non-hydrogen) atoms. The Morgan fingerprint density at radius 3 is 1.39 bits per heavy atom. The summed E-state index contributed by atoms with van der Waals surface area (Å²) >= 11 is 0. The molecule has 0 saturated carbocycles. The van der Waals surface area contributed by atoms with E-state index in [4.69, 9.17) is 0 Å². The van der Waals surface area contributed by atoms with Crippen LogP contribution in [0, 0.1) is 0 Å². The van der Waals surface area contributed by atoms with Crippen LogP contribution < -0.4 is 22.2 Å². The summed E-state index contributed by atoms with van der Waals surface area (Å²) in [6.07, 6.45) is 1.84. The van der Waals surface area contributed by atoms with Crippen molar-refractivity contribution in [1.29, 1.82) is 0 Å². The summed E-state index contributed by atoms with van der Waals surface area (Å²) in [5.74, 6) is 0.742. The number of benzene rings is 4. The zero-order chi connectivity index (χ0) is 51.3. The second-order valence-corrected chi connectivity index (χ2v) is 19.9. The number of pyridine rings is 2. The van der Waals surface area contributed by atoms with Crippen LogP contribution in [0.2, 0.25) is 0 Å². The van der Waals surface area contributed by atoms with E-state index >= 15 is 0 Å². The van der Waals surface area contributed by atoms with Gasteiger partial charge in [0.1, 0.15) is 0 Å². The molecule has 10 heteroatoms. The van der Waals surface area contributed by atoms with Crippen molar-refractivity contribution < 1.29 is 0 Å². The molecule has 1 N–H and O–H groups in total. The molecular formula is C60H70N6O4. The van der Waals surface area contributed by atoms with Gasteiger partial charge in [-0.1, -0.05) is 197 Å². The maximum atomic E-state index is 12.3. The van der Waals surface area contributed by atoms with Crippen LogP contribution in [-0.2, 0) is 31.5 Å². The minimum atomic E-state index is -0.107. The van der Waals surface area contributed by atoms with Crippen molar-refractivity contribution in [2.45, 2.75) is 105 Å². The quantitative estimate of drug-likeness (QED) is 0.170. The largest absolute Gasteiger partial charge is 0.322 e. The lowest BCUT2D eigenvalue weighted by Gasteiger charge is -2.22. The molecule has 0 unspecified atom stereocenters. The second-order valence-electron chi connectivity index (χ2n) is 19.9. The van der Waals surface area contributed by atoms with Crippen LogP contribution in [0.5, 0.6) is 0 Å². The molecule has 8 rings (SSSR count). The van der Waals surface area contributed by atoms with Gasteiger partial charge in [-0.25, -0.2) is 9.36 Å². The van der Waals surface area contributed by atoms with Gasteiger partial charge in [0, 0.05) is 56.2 Å². The van der Waals surface area contributed by atoms with Crippen molar-refractivity contribution in [2.24, 2.45) is 14.1 Å². The SMILES string of the molecule is CC(C)c1ccc(=O)[nH]c1-c1ccccc1.CC(C)c1ccn(C)c(=O)c1-c1ccccc1.CCn1nc(-c2ccccc2)c(C(C)(C)C)cc1=O.Cn1nc(-c2ccccc2)c(C(C)(C)C)cc1=O. The normalized spacial score (nSPS) is 11.2. The molecule has 4 aromatic carbocycles. The maximum absolute atomic E-state index is 12.3. The Morgan fingerprint density at radius 1 is 0.514 bits per heavy atom. The molecule has 0 amide bonds. The van der Waals surface area contributed by atoms with Gasteiger partial charge in [-0.3, -0.25) is 19.2 Å². The van der Waals surface area contributed by atoms with Gasteiger partial charge in [0.25, 0.3) is 16.7 Å². The van der Waals surface area contributed by atoms with E-state index in [1.807, 2.05) is 147 Å². The van der Waals surface area contributed by atoms with Gasteiger partial charge in [0.15, 0.2) is 0 Å². The molecule has 0 atom stereocenters. The number of nitrogens with one attached hydrogen (secondary N) is 1. The Morgan fingerprint density at radius 2 is 0.943 bits per heavy atom. The molecule has 0 spiro atoms. The smallest absolute Gasteiger partial charge is 0.267 e. The van der Waals surface area contributed by atoms with Gasteiger partial charge < -0.3 is 9.55 Å². The molecule has 10 nitrogen and oxygen atoms in total. The molecule has 0 aliphatic carbocycles. The fourth-order valence-corrected chi connectivity index (χ4v) is 7.85. The van der Waals surface area contributed by atoms with E-state index in [-0.39, 0.29) is 33.1 Å². The van der Waals surface area contributed by atoms with Crippen molar-refractivity contribution in [3.63, 3.8) is 0 Å². The highest BCUT2D eigenvalue weighted by Gasteiger charge is 2.23. The van der Waals surface area contributed by atoms with E-state index in [2.05, 4.69) is 84.4 Å². The first-order valence-electron chi connectivity index (χ1n) is 24.0. The molecule has 0 saturated heterocycles. The van der Waals surface area contributed by atoms with Crippen LogP contribution in [-0.4, -0.2) is 29.1 Å². The number of nitrogens with zero attached hydrogens (tertiary/aromatic N) is 5. The van der Waals surface area contributed by atoms with E-state index < -0.39 is 0 Å². The van der Waals surface area contributed by atoms with Gasteiger partial charge in [0.2, 0.25) is 5.56 Å². The summed E-state index contributed by atoms with van der Waals surface area (Å²) in [5, 5.41) is 8.95. The molecular weight excluding hydrogens is 869 g/mol. The summed E-state index contributed by atoms with van der Waals surface area (Å²) in [5.41, 5.74) is 11.6. The Kier molecular flexibility index (Phi) is 18.1. The van der Waals surface area contributed by atoms with Crippen LogP contribution in [0.4, 0.5) is 0 Å². The average molecular weight is 939 g/mol. The Hall–Kier alpha value is -7.46. The Balaban J connectivity index is 0.000000174. The van der Waals surface area contributed by atoms with Crippen LogP contribution >= 0.6 is 0 Å².